The molecular weight excluding hydrogens is 186 g/mol. The molecule has 2 rings (SSSR count). The Morgan fingerprint density at radius 2 is 2.27 bits per heavy atom. The van der Waals surface area contributed by atoms with E-state index in [2.05, 4.69) is 11.2 Å². The number of aryl methyl sites for hydroxylation is 1. The Hall–Kier alpha value is -1.75. The van der Waals surface area contributed by atoms with Crippen LogP contribution in [0, 0.1) is 19.3 Å². The maximum atomic E-state index is 11.7. The zero-order chi connectivity index (χ0) is 10.8. The first kappa shape index (κ1) is 9.79. The number of hydrogen-bond donors (Lipinski definition) is 1. The molecule has 2 heteroatoms. The van der Waals surface area contributed by atoms with Crippen LogP contribution in [-0.4, -0.2) is 11.9 Å². The number of hydrogen-bond acceptors (Lipinski definition) is 1. The fourth-order valence-corrected chi connectivity index (χ4v) is 1.42. The van der Waals surface area contributed by atoms with Crippen molar-refractivity contribution in [3.63, 3.8) is 0 Å². The molecule has 15 heavy (non-hydrogen) atoms. The molecule has 1 aromatic rings. The molecule has 2 nitrogen and oxygen atoms in total. The van der Waals surface area contributed by atoms with Crippen LogP contribution in [0.1, 0.15) is 34.3 Å². The lowest BCUT2D eigenvalue weighted by molar-refractivity contribution is 0.0951. The van der Waals surface area contributed by atoms with E-state index in [9.17, 15) is 4.79 Å². The van der Waals surface area contributed by atoms with Crippen LogP contribution in [0.3, 0.4) is 0 Å². The van der Waals surface area contributed by atoms with Gasteiger partial charge in [0.25, 0.3) is 5.91 Å². The summed E-state index contributed by atoms with van der Waals surface area (Å²) in [6.45, 7) is 1.94. The second kappa shape index (κ2) is 3.78. The van der Waals surface area contributed by atoms with Gasteiger partial charge >= 0.3 is 0 Å². The first-order chi connectivity index (χ1) is 7.20. The molecule has 0 atom stereocenters. The van der Waals surface area contributed by atoms with Gasteiger partial charge in [0.2, 0.25) is 0 Å². The minimum Gasteiger partial charge on any atom is -0.349 e. The van der Waals surface area contributed by atoms with Gasteiger partial charge in [-0.3, -0.25) is 4.79 Å². The summed E-state index contributed by atoms with van der Waals surface area (Å²) in [4.78, 5) is 11.7. The van der Waals surface area contributed by atoms with Gasteiger partial charge in [0, 0.05) is 17.2 Å². The average Bonchev–Trinajstić information content (AvgIpc) is 3.02. The average molecular weight is 199 g/mol. The van der Waals surface area contributed by atoms with Gasteiger partial charge in [-0.25, -0.2) is 0 Å². The van der Waals surface area contributed by atoms with Crippen molar-refractivity contribution < 1.29 is 4.79 Å². The van der Waals surface area contributed by atoms with Crippen molar-refractivity contribution in [2.75, 3.05) is 0 Å². The molecule has 76 valence electrons. The third-order valence-corrected chi connectivity index (χ3v) is 2.57. The topological polar surface area (TPSA) is 29.1 Å². The van der Waals surface area contributed by atoms with E-state index in [4.69, 9.17) is 6.42 Å². The van der Waals surface area contributed by atoms with Crippen LogP contribution in [0.5, 0.6) is 0 Å². The van der Waals surface area contributed by atoms with Crippen LogP contribution in [0.15, 0.2) is 18.2 Å². The Morgan fingerprint density at radius 1 is 1.53 bits per heavy atom. The largest absolute Gasteiger partial charge is 0.349 e. The fraction of sp³-hybridized carbons (Fsp3) is 0.308. The third kappa shape index (κ3) is 2.19. The van der Waals surface area contributed by atoms with Crippen molar-refractivity contribution in [1.29, 1.82) is 0 Å². The number of rotatable bonds is 2. The van der Waals surface area contributed by atoms with E-state index in [0.29, 0.717) is 11.6 Å². The van der Waals surface area contributed by atoms with E-state index < -0.39 is 0 Å². The van der Waals surface area contributed by atoms with Crippen molar-refractivity contribution in [3.8, 4) is 12.3 Å². The molecule has 1 aliphatic rings. The summed E-state index contributed by atoms with van der Waals surface area (Å²) < 4.78 is 0. The lowest BCUT2D eigenvalue weighted by Crippen LogP contribution is -2.25. The third-order valence-electron chi connectivity index (χ3n) is 2.57. The molecule has 1 saturated carbocycles. The van der Waals surface area contributed by atoms with Crippen LogP contribution in [0.2, 0.25) is 0 Å². The van der Waals surface area contributed by atoms with Crippen molar-refractivity contribution >= 4 is 5.91 Å². The number of carbonyl (C=O) groups is 1. The Morgan fingerprint density at radius 3 is 2.87 bits per heavy atom. The van der Waals surface area contributed by atoms with E-state index in [-0.39, 0.29) is 5.91 Å². The highest BCUT2D eigenvalue weighted by Gasteiger charge is 2.23. The molecule has 0 aliphatic heterocycles. The van der Waals surface area contributed by atoms with Crippen molar-refractivity contribution in [1.82, 2.24) is 5.32 Å². The van der Waals surface area contributed by atoms with Crippen molar-refractivity contribution in [3.05, 3.63) is 34.9 Å². The summed E-state index contributed by atoms with van der Waals surface area (Å²) in [6, 6.07) is 5.85. The van der Waals surface area contributed by atoms with E-state index >= 15 is 0 Å². The summed E-state index contributed by atoms with van der Waals surface area (Å²) in [7, 11) is 0. The van der Waals surface area contributed by atoms with Gasteiger partial charge in [0.05, 0.1) is 0 Å². The Bertz CT molecular complexity index is 438. The predicted molar refractivity (Wildman–Crippen MR) is 59.6 cm³/mol. The molecule has 0 aromatic heterocycles. The molecule has 1 aromatic carbocycles. The second-order valence-electron chi connectivity index (χ2n) is 3.92. The molecule has 1 amide bonds. The van der Waals surface area contributed by atoms with E-state index in [0.717, 1.165) is 24.0 Å². The normalized spacial score (nSPS) is 14.4. The van der Waals surface area contributed by atoms with E-state index in [1.54, 1.807) is 6.07 Å². The number of benzene rings is 1. The second-order valence-corrected chi connectivity index (χ2v) is 3.92. The van der Waals surface area contributed by atoms with Gasteiger partial charge in [-0.1, -0.05) is 12.0 Å². The highest BCUT2D eigenvalue weighted by atomic mass is 16.1. The Balaban J connectivity index is 2.20. The van der Waals surface area contributed by atoms with Crippen molar-refractivity contribution in [2.24, 2.45) is 0 Å². The number of nitrogens with one attached hydrogen (secondary N) is 1. The highest BCUT2D eigenvalue weighted by molar-refractivity contribution is 5.95. The lowest BCUT2D eigenvalue weighted by Gasteiger charge is -2.05. The van der Waals surface area contributed by atoms with Crippen LogP contribution in [0.25, 0.3) is 0 Å². The van der Waals surface area contributed by atoms with Crippen molar-refractivity contribution in [2.45, 2.75) is 25.8 Å². The van der Waals surface area contributed by atoms with Crippen LogP contribution >= 0.6 is 0 Å². The molecule has 0 bridgehead atoms. The summed E-state index contributed by atoms with van der Waals surface area (Å²) >= 11 is 0. The molecule has 0 spiro atoms. The first-order valence-corrected chi connectivity index (χ1v) is 5.09. The monoisotopic (exact) mass is 199 g/mol. The van der Waals surface area contributed by atoms with E-state index in [1.165, 1.54) is 0 Å². The number of carbonyl (C=O) groups excluding carboxylic acids is 1. The predicted octanol–water partition coefficient (Wildman–Crippen LogP) is 1.87. The van der Waals surface area contributed by atoms with Crippen LogP contribution in [-0.2, 0) is 0 Å². The molecule has 1 aliphatic carbocycles. The van der Waals surface area contributed by atoms with Crippen LogP contribution in [0.4, 0.5) is 0 Å². The van der Waals surface area contributed by atoms with E-state index in [1.807, 2.05) is 19.1 Å². The molecule has 0 unspecified atom stereocenters. The SMILES string of the molecule is C#Cc1cc(C(=O)NC2CC2)ccc1C. The summed E-state index contributed by atoms with van der Waals surface area (Å²) in [6.07, 6.45) is 7.55. The van der Waals surface area contributed by atoms with Gasteiger partial charge in [-0.15, -0.1) is 6.42 Å². The standard InChI is InChI=1S/C13H13NO/c1-3-10-8-11(5-4-9(10)2)13(15)14-12-6-7-12/h1,4-5,8,12H,6-7H2,2H3,(H,14,15). The van der Waals surface area contributed by atoms with Crippen LogP contribution < -0.4 is 5.32 Å². The molecule has 0 radical (unpaired) electrons. The molecule has 1 N–H and O–H groups in total. The van der Waals surface area contributed by atoms with Gasteiger partial charge in [0.15, 0.2) is 0 Å². The smallest absolute Gasteiger partial charge is 0.251 e. The number of amides is 1. The summed E-state index contributed by atoms with van der Waals surface area (Å²) in [5.41, 5.74) is 2.47. The lowest BCUT2D eigenvalue weighted by atomic mass is 10.1. The van der Waals surface area contributed by atoms with Gasteiger partial charge in [0.1, 0.15) is 0 Å². The minimum atomic E-state index is -0.0194. The Kier molecular flexibility index (Phi) is 2.47. The molecule has 0 heterocycles. The molecule has 0 saturated heterocycles. The molecule has 1 fully saturated rings. The quantitative estimate of drug-likeness (QED) is 0.724. The Labute approximate surface area is 89.7 Å². The number of terminal acetylenes is 1. The zero-order valence-corrected chi connectivity index (χ0v) is 8.71. The maximum absolute atomic E-state index is 11.7. The zero-order valence-electron chi connectivity index (χ0n) is 8.71. The summed E-state index contributed by atoms with van der Waals surface area (Å²) in [5, 5.41) is 2.93. The molecular formula is C13H13NO. The summed E-state index contributed by atoms with van der Waals surface area (Å²) in [5.74, 6) is 2.56. The van der Waals surface area contributed by atoms with Gasteiger partial charge in [-0.2, -0.15) is 0 Å². The fourth-order valence-electron chi connectivity index (χ4n) is 1.42. The van der Waals surface area contributed by atoms with Gasteiger partial charge < -0.3 is 5.32 Å². The van der Waals surface area contributed by atoms with Gasteiger partial charge in [-0.05, 0) is 37.5 Å². The minimum absolute atomic E-state index is 0.0194. The first-order valence-electron chi connectivity index (χ1n) is 5.09. The highest BCUT2D eigenvalue weighted by Crippen LogP contribution is 2.19. The maximum Gasteiger partial charge on any atom is 0.251 e.